The van der Waals surface area contributed by atoms with E-state index in [0.717, 1.165) is 41.7 Å². The van der Waals surface area contributed by atoms with Crippen molar-refractivity contribution in [3.8, 4) is 0 Å². The highest BCUT2D eigenvalue weighted by molar-refractivity contribution is 6.30. The van der Waals surface area contributed by atoms with Gasteiger partial charge < -0.3 is 14.1 Å². The molecule has 1 saturated carbocycles. The quantitative estimate of drug-likeness (QED) is 0.371. The number of para-hydroxylation sites is 1. The fraction of sp³-hybridized carbons (Fsp3) is 0.448. The third kappa shape index (κ3) is 2.47. The number of ketones is 1. The summed E-state index contributed by atoms with van der Waals surface area (Å²) in [4.78, 5) is 29.4. The number of quaternary nitrogens is 1. The molecule has 0 N–H and O–H groups in total. The Morgan fingerprint density at radius 2 is 2.00 bits per heavy atom. The van der Waals surface area contributed by atoms with Crippen molar-refractivity contribution in [2.45, 2.75) is 42.9 Å². The third-order valence-corrected chi connectivity index (χ3v) is 10.6. The Morgan fingerprint density at radius 3 is 2.86 bits per heavy atom. The second-order valence-electron chi connectivity index (χ2n) is 11.5. The van der Waals surface area contributed by atoms with E-state index < -0.39 is 0 Å². The van der Waals surface area contributed by atoms with Gasteiger partial charge in [-0.2, -0.15) is 0 Å². The number of carbonyl (C=O) groups excluding carboxylic acids is 2. The number of Topliss-reactive ketones (excluding diaryl/α,β-unsaturated/α-hetero) is 1. The monoisotopic (exact) mass is 487 g/mol. The zero-order valence-corrected chi connectivity index (χ0v) is 20.3. The third-order valence-electron chi connectivity index (χ3n) is 10.3. The molecule has 6 aliphatic rings. The summed E-state index contributed by atoms with van der Waals surface area (Å²) in [6.07, 6.45) is 4.85. The Kier molecular flexibility index (Phi) is 4.05. The van der Waals surface area contributed by atoms with Crippen LogP contribution in [0.25, 0.3) is 0 Å². The predicted octanol–water partition coefficient (Wildman–Crippen LogP) is 4.14. The molecule has 7 atom stereocenters. The molecule has 2 aromatic rings. The molecule has 35 heavy (non-hydrogen) atoms. The molecule has 8 rings (SSSR count). The van der Waals surface area contributed by atoms with Crippen molar-refractivity contribution >= 4 is 29.0 Å². The lowest BCUT2D eigenvalue weighted by Gasteiger charge is -2.60. The number of hydrogen-bond acceptors (Lipinski definition) is 3. The number of hydrogen-bond donors (Lipinski definition) is 0. The van der Waals surface area contributed by atoms with Gasteiger partial charge in [-0.05, 0) is 47.4 Å². The van der Waals surface area contributed by atoms with Crippen molar-refractivity contribution < 1.29 is 18.8 Å². The van der Waals surface area contributed by atoms with E-state index >= 15 is 0 Å². The Hall–Kier alpha value is -2.47. The highest BCUT2D eigenvalue weighted by atomic mass is 35.5. The van der Waals surface area contributed by atoms with E-state index in [2.05, 4.69) is 35.2 Å². The minimum atomic E-state index is -0.106. The van der Waals surface area contributed by atoms with Crippen LogP contribution in [0, 0.1) is 11.8 Å². The summed E-state index contributed by atoms with van der Waals surface area (Å²) in [7, 11) is 0. The fourth-order valence-electron chi connectivity index (χ4n) is 9.21. The summed E-state index contributed by atoms with van der Waals surface area (Å²) < 4.78 is 7.18. The molecule has 1 amide bonds. The average Bonchev–Trinajstić information content (AvgIpc) is 3.29. The van der Waals surface area contributed by atoms with Gasteiger partial charge >= 0.3 is 0 Å². The molecular weight excluding hydrogens is 460 g/mol. The molecule has 2 bridgehead atoms. The molecule has 0 aromatic heterocycles. The van der Waals surface area contributed by atoms with Gasteiger partial charge in [0.1, 0.15) is 19.1 Å². The van der Waals surface area contributed by atoms with Gasteiger partial charge in [0, 0.05) is 35.0 Å². The maximum absolute atomic E-state index is 13.7. The lowest BCUT2D eigenvalue weighted by atomic mass is 9.53. The van der Waals surface area contributed by atoms with Crippen LogP contribution in [-0.2, 0) is 14.9 Å². The molecule has 178 valence electrons. The predicted molar refractivity (Wildman–Crippen MR) is 132 cm³/mol. The van der Waals surface area contributed by atoms with Gasteiger partial charge in [-0.1, -0.05) is 35.9 Å². The van der Waals surface area contributed by atoms with E-state index in [1.165, 1.54) is 11.1 Å². The Morgan fingerprint density at radius 1 is 1.17 bits per heavy atom. The molecule has 5 heterocycles. The molecule has 6 heteroatoms. The van der Waals surface area contributed by atoms with Crippen LogP contribution in [0.5, 0.6) is 0 Å². The molecule has 3 saturated heterocycles. The largest absolute Gasteiger partial charge is 0.373 e. The van der Waals surface area contributed by atoms with Crippen LogP contribution in [0.2, 0.25) is 5.02 Å². The van der Waals surface area contributed by atoms with Crippen molar-refractivity contribution in [3.05, 3.63) is 76.3 Å². The van der Waals surface area contributed by atoms with Crippen molar-refractivity contribution in [3.63, 3.8) is 0 Å². The average molecular weight is 488 g/mol. The van der Waals surface area contributed by atoms with E-state index in [1.54, 1.807) is 0 Å². The Bertz CT molecular complexity index is 1320. The second kappa shape index (κ2) is 6.84. The number of rotatable bonds is 3. The van der Waals surface area contributed by atoms with Crippen molar-refractivity contribution in [1.82, 2.24) is 0 Å². The first kappa shape index (κ1) is 20.7. The number of benzene rings is 2. The standard InChI is InChI=1S/C29H28ClN2O3/c30-19-7-5-17(6-8-19)23(33)16-32-11-10-29-21-3-1-2-4-22(21)31-26(34)14-24-27(28(29)31)20(13-25(29)32)18(15-32)9-12-35-24/h1-9,20,24-25,27-28H,10-16H2/q+1/t20-,24-,25-,27-,28-,29+,32?/m0/s1. The molecule has 5 aliphatic heterocycles. The number of fused-ring (bicyclic) bond motifs is 2. The van der Waals surface area contributed by atoms with Crippen molar-refractivity contribution in [2.75, 3.05) is 31.1 Å². The highest BCUT2D eigenvalue weighted by Crippen LogP contribution is 2.67. The van der Waals surface area contributed by atoms with Crippen LogP contribution in [0.15, 0.2) is 60.2 Å². The summed E-state index contributed by atoms with van der Waals surface area (Å²) in [6.45, 7) is 2.96. The van der Waals surface area contributed by atoms with Crippen LogP contribution in [-0.4, -0.2) is 60.6 Å². The summed E-state index contributed by atoms with van der Waals surface area (Å²) in [5.41, 5.74) is 4.52. The number of piperidine rings is 2. The zero-order valence-electron chi connectivity index (χ0n) is 19.5. The number of halogens is 1. The molecule has 4 fully saturated rings. The molecule has 1 spiro atoms. The van der Waals surface area contributed by atoms with Gasteiger partial charge in [-0.25, -0.2) is 0 Å². The second-order valence-corrected chi connectivity index (χ2v) is 11.9. The van der Waals surface area contributed by atoms with Gasteiger partial charge in [-0.3, -0.25) is 9.59 Å². The lowest BCUT2D eigenvalue weighted by Crippen LogP contribution is -2.73. The van der Waals surface area contributed by atoms with Crippen LogP contribution in [0.3, 0.4) is 0 Å². The SMILES string of the molecule is O=C(C[N+]12CC[C@@]34c5ccccc5N5C(=O)C[C@@H]6OCC=C(C1)[C@H](C[C@@H]32)[C@@H]6[C@H]54)c1ccc(Cl)cc1. The van der Waals surface area contributed by atoms with Crippen LogP contribution in [0.4, 0.5) is 5.69 Å². The molecular formula is C29H28ClN2O3+. The van der Waals surface area contributed by atoms with Crippen LogP contribution >= 0.6 is 11.6 Å². The molecule has 0 radical (unpaired) electrons. The van der Waals surface area contributed by atoms with E-state index in [9.17, 15) is 9.59 Å². The lowest BCUT2D eigenvalue weighted by molar-refractivity contribution is -0.935. The normalized spacial score (nSPS) is 39.7. The maximum Gasteiger partial charge on any atom is 0.229 e. The minimum absolute atomic E-state index is 0.00839. The van der Waals surface area contributed by atoms with Gasteiger partial charge in [0.25, 0.3) is 0 Å². The molecule has 1 aliphatic carbocycles. The number of carbonyl (C=O) groups is 2. The first-order valence-corrected chi connectivity index (χ1v) is 13.3. The summed E-state index contributed by atoms with van der Waals surface area (Å²) >= 11 is 6.10. The van der Waals surface area contributed by atoms with Crippen LogP contribution < -0.4 is 4.90 Å². The summed E-state index contributed by atoms with van der Waals surface area (Å²) in [5, 5.41) is 0.649. The fourth-order valence-corrected chi connectivity index (χ4v) is 9.34. The topological polar surface area (TPSA) is 46.6 Å². The van der Waals surface area contributed by atoms with Gasteiger partial charge in [-0.15, -0.1) is 0 Å². The minimum Gasteiger partial charge on any atom is -0.373 e. The van der Waals surface area contributed by atoms with Gasteiger partial charge in [0.2, 0.25) is 11.7 Å². The smallest absolute Gasteiger partial charge is 0.229 e. The number of ether oxygens (including phenoxy) is 1. The summed E-state index contributed by atoms with van der Waals surface area (Å²) in [5.74, 6) is 1.15. The first-order chi connectivity index (χ1) is 17.0. The van der Waals surface area contributed by atoms with E-state index in [-0.39, 0.29) is 29.3 Å². The summed E-state index contributed by atoms with van der Waals surface area (Å²) in [6, 6.07) is 16.4. The Labute approximate surface area is 209 Å². The molecule has 1 unspecified atom stereocenters. The maximum atomic E-state index is 13.7. The van der Waals surface area contributed by atoms with E-state index in [4.69, 9.17) is 16.3 Å². The number of nitrogens with zero attached hydrogens (tertiary/aromatic N) is 2. The Balaban J connectivity index is 1.31. The number of anilines is 1. The van der Waals surface area contributed by atoms with Crippen LogP contribution in [0.1, 0.15) is 35.2 Å². The van der Waals surface area contributed by atoms with Crippen molar-refractivity contribution in [1.29, 1.82) is 0 Å². The van der Waals surface area contributed by atoms with E-state index in [0.29, 0.717) is 42.5 Å². The number of amides is 1. The highest BCUT2D eigenvalue weighted by Gasteiger charge is 2.76. The van der Waals surface area contributed by atoms with Gasteiger partial charge in [0.15, 0.2) is 0 Å². The molecule has 5 nitrogen and oxygen atoms in total. The van der Waals surface area contributed by atoms with E-state index in [1.807, 2.05) is 24.3 Å². The zero-order chi connectivity index (χ0) is 23.5. The first-order valence-electron chi connectivity index (χ1n) is 12.9. The van der Waals surface area contributed by atoms with Crippen molar-refractivity contribution in [2.24, 2.45) is 11.8 Å². The van der Waals surface area contributed by atoms with Gasteiger partial charge in [0.05, 0.1) is 37.1 Å². The molecule has 2 aromatic carbocycles.